The molecule has 2 aliphatic rings. The van der Waals surface area contributed by atoms with Crippen molar-refractivity contribution in [2.24, 2.45) is 0 Å². The van der Waals surface area contributed by atoms with E-state index in [2.05, 4.69) is 25.8 Å². The summed E-state index contributed by atoms with van der Waals surface area (Å²) in [5, 5.41) is 18.2. The van der Waals surface area contributed by atoms with Crippen molar-refractivity contribution < 1.29 is 37.1 Å². The molecule has 6 rings (SSSR count). The number of aliphatic hydroxyl groups excluding tert-OH is 1. The number of nitrogens with one attached hydrogen (secondary N) is 2. The van der Waals surface area contributed by atoms with Crippen LogP contribution >= 0.6 is 34.8 Å². The molecule has 2 atom stereocenters. The molecule has 2 aliphatic heterocycles. The number of aliphatic hydroxyl groups is 1. The summed E-state index contributed by atoms with van der Waals surface area (Å²) >= 11 is 18.8. The SMILES string of the molecule is O=C1CC[C@@H](O)CN1.O=C1CC[C@H](Oc2cc(Cl)c(-c3noc(-c4cn5cc(C(F)(F)F)cc(Cl)c5n4)n3)cc2Cl)CN1. The Labute approximate surface area is 256 Å². The molecule has 11 nitrogen and oxygen atoms in total. The number of β-amino-alcohol motifs (C(OH)–C–C–N with tert-alkyl or cyclic N) is 1. The Bertz CT molecular complexity index is 1660. The van der Waals surface area contributed by atoms with Crippen LogP contribution in [0.3, 0.4) is 0 Å². The maximum Gasteiger partial charge on any atom is 0.417 e. The van der Waals surface area contributed by atoms with Crippen LogP contribution in [0.4, 0.5) is 13.2 Å². The first kappa shape index (κ1) is 30.9. The zero-order valence-corrected chi connectivity index (χ0v) is 24.2. The van der Waals surface area contributed by atoms with Gasteiger partial charge >= 0.3 is 6.18 Å². The highest BCUT2D eigenvalue weighted by molar-refractivity contribution is 6.36. The van der Waals surface area contributed by atoms with Gasteiger partial charge in [0.15, 0.2) is 5.65 Å². The molecule has 0 bridgehead atoms. The zero-order valence-electron chi connectivity index (χ0n) is 21.9. The summed E-state index contributed by atoms with van der Waals surface area (Å²) in [7, 11) is 0. The summed E-state index contributed by atoms with van der Waals surface area (Å²) in [6, 6.07) is 3.81. The molecular weight excluding hydrogens is 640 g/mol. The molecule has 228 valence electrons. The highest BCUT2D eigenvalue weighted by Gasteiger charge is 2.32. The van der Waals surface area contributed by atoms with Crippen LogP contribution in [0.5, 0.6) is 5.75 Å². The number of carbonyl (C=O) groups is 2. The van der Waals surface area contributed by atoms with Gasteiger partial charge in [-0.3, -0.25) is 9.59 Å². The molecule has 0 saturated carbocycles. The third-order valence-electron chi connectivity index (χ3n) is 6.49. The van der Waals surface area contributed by atoms with Gasteiger partial charge in [0.2, 0.25) is 17.6 Å². The number of carbonyl (C=O) groups excluding carboxylic acids is 2. The Hall–Kier alpha value is -3.59. The van der Waals surface area contributed by atoms with Crippen molar-refractivity contribution in [3.05, 3.63) is 51.2 Å². The Morgan fingerprint density at radius 3 is 2.30 bits per heavy atom. The lowest BCUT2D eigenvalue weighted by Gasteiger charge is -2.24. The molecule has 2 fully saturated rings. The highest BCUT2D eigenvalue weighted by atomic mass is 35.5. The normalized spacial score (nSPS) is 19.0. The van der Waals surface area contributed by atoms with Gasteiger partial charge in [-0.25, -0.2) is 4.98 Å². The van der Waals surface area contributed by atoms with E-state index in [1.54, 1.807) is 0 Å². The summed E-state index contributed by atoms with van der Waals surface area (Å²) in [4.78, 5) is 30.2. The van der Waals surface area contributed by atoms with Crippen molar-refractivity contribution in [2.45, 2.75) is 44.1 Å². The summed E-state index contributed by atoms with van der Waals surface area (Å²) in [6.07, 6.45) is -0.987. The third-order valence-corrected chi connectivity index (χ3v) is 7.38. The number of nitrogens with zero attached hydrogens (tertiary/aromatic N) is 4. The van der Waals surface area contributed by atoms with Gasteiger partial charge in [0.05, 0.1) is 33.3 Å². The Morgan fingerprint density at radius 2 is 1.67 bits per heavy atom. The Balaban J connectivity index is 0.000000400. The van der Waals surface area contributed by atoms with Crippen molar-refractivity contribution in [1.82, 2.24) is 30.2 Å². The van der Waals surface area contributed by atoms with Crippen molar-refractivity contribution in [3.8, 4) is 28.7 Å². The second-order valence-electron chi connectivity index (χ2n) is 9.70. The predicted octanol–water partition coefficient (Wildman–Crippen LogP) is 4.95. The number of imidazole rings is 1. The van der Waals surface area contributed by atoms with Gasteiger partial charge in [-0.05, 0) is 25.0 Å². The highest BCUT2D eigenvalue weighted by Crippen LogP contribution is 2.38. The number of halogens is 6. The fourth-order valence-corrected chi connectivity index (χ4v) is 4.96. The van der Waals surface area contributed by atoms with E-state index in [1.165, 1.54) is 18.3 Å². The van der Waals surface area contributed by atoms with E-state index in [0.29, 0.717) is 50.1 Å². The Kier molecular flexibility index (Phi) is 9.02. The van der Waals surface area contributed by atoms with Gasteiger partial charge in [0, 0.05) is 43.4 Å². The number of alkyl halides is 3. The van der Waals surface area contributed by atoms with Crippen molar-refractivity contribution in [2.75, 3.05) is 13.1 Å². The largest absolute Gasteiger partial charge is 0.487 e. The number of aromatic nitrogens is 4. The molecular formula is C26H22Cl3F3N6O5. The summed E-state index contributed by atoms with van der Waals surface area (Å²) in [6.45, 7) is 0.787. The standard InChI is InChI=1S/C21H13Cl3F3N5O3.C5H9NO2/c22-12-5-16(34-10-1-2-17(33)28-6-10)13(23)4-11(12)18-30-20(35-31-18)15-8-32-7-9(21(25,26)27)3-14(24)19(32)29-15;7-4-1-2-5(8)6-3-4/h3-5,7-8,10H,1-2,6H2,(H,28,33);4,7H,1-3H2,(H,6,8)/t10-;4-/m01/s1. The second kappa shape index (κ2) is 12.6. The number of hydrogen-bond acceptors (Lipinski definition) is 8. The number of pyridine rings is 1. The van der Waals surface area contributed by atoms with E-state index in [9.17, 15) is 22.8 Å². The molecule has 4 aromatic rings. The van der Waals surface area contributed by atoms with E-state index >= 15 is 0 Å². The maximum absolute atomic E-state index is 13.1. The van der Waals surface area contributed by atoms with Crippen LogP contribution in [0, 0.1) is 0 Å². The predicted molar refractivity (Wildman–Crippen MR) is 149 cm³/mol. The van der Waals surface area contributed by atoms with Gasteiger partial charge in [-0.1, -0.05) is 40.0 Å². The molecule has 5 heterocycles. The molecule has 1 aromatic carbocycles. The van der Waals surface area contributed by atoms with E-state index in [4.69, 9.17) is 49.2 Å². The average Bonchev–Trinajstić information content (AvgIpc) is 3.61. The van der Waals surface area contributed by atoms with Crippen LogP contribution in [0.15, 0.2) is 35.1 Å². The lowest BCUT2D eigenvalue weighted by atomic mass is 10.1. The van der Waals surface area contributed by atoms with Crippen LogP contribution in [-0.4, -0.2) is 61.7 Å². The molecule has 2 amide bonds. The number of rotatable bonds is 4. The first-order valence-corrected chi connectivity index (χ1v) is 14.0. The summed E-state index contributed by atoms with van der Waals surface area (Å²) in [5.41, 5.74) is -0.371. The van der Waals surface area contributed by atoms with E-state index in [-0.39, 0.29) is 62.1 Å². The van der Waals surface area contributed by atoms with Gasteiger partial charge in [-0.2, -0.15) is 18.2 Å². The summed E-state index contributed by atoms with van der Waals surface area (Å²) < 4.78 is 51.5. The fourth-order valence-electron chi connectivity index (χ4n) is 4.25. The number of fused-ring (bicyclic) bond motifs is 1. The fraction of sp³-hybridized carbons (Fsp3) is 0.346. The molecule has 0 unspecified atom stereocenters. The molecule has 0 spiro atoms. The van der Waals surface area contributed by atoms with Crippen molar-refractivity contribution >= 4 is 52.3 Å². The molecule has 3 N–H and O–H groups in total. The maximum atomic E-state index is 13.1. The van der Waals surface area contributed by atoms with E-state index in [1.807, 2.05) is 0 Å². The number of benzene rings is 1. The average molecular weight is 662 g/mol. The smallest absolute Gasteiger partial charge is 0.417 e. The van der Waals surface area contributed by atoms with Crippen LogP contribution < -0.4 is 15.4 Å². The zero-order chi connectivity index (χ0) is 30.9. The van der Waals surface area contributed by atoms with Crippen LogP contribution in [0.25, 0.3) is 28.6 Å². The van der Waals surface area contributed by atoms with Crippen molar-refractivity contribution in [3.63, 3.8) is 0 Å². The van der Waals surface area contributed by atoms with E-state index in [0.717, 1.165) is 16.7 Å². The molecule has 3 aromatic heterocycles. The first-order valence-electron chi connectivity index (χ1n) is 12.8. The monoisotopic (exact) mass is 660 g/mol. The first-order chi connectivity index (χ1) is 20.4. The number of hydrogen-bond donors (Lipinski definition) is 3. The second-order valence-corrected chi connectivity index (χ2v) is 10.9. The molecule has 43 heavy (non-hydrogen) atoms. The molecule has 0 radical (unpaired) electrons. The van der Waals surface area contributed by atoms with Crippen LogP contribution in [-0.2, 0) is 15.8 Å². The van der Waals surface area contributed by atoms with Crippen molar-refractivity contribution in [1.29, 1.82) is 0 Å². The molecule has 2 saturated heterocycles. The van der Waals surface area contributed by atoms with Crippen LogP contribution in [0.1, 0.15) is 31.2 Å². The quantitative estimate of drug-likeness (QED) is 0.279. The van der Waals surface area contributed by atoms with Gasteiger partial charge in [0.1, 0.15) is 17.5 Å². The van der Waals surface area contributed by atoms with Gasteiger partial charge in [0.25, 0.3) is 5.89 Å². The van der Waals surface area contributed by atoms with Gasteiger partial charge in [-0.15, -0.1) is 0 Å². The van der Waals surface area contributed by atoms with E-state index < -0.39 is 11.7 Å². The lowest BCUT2D eigenvalue weighted by Crippen LogP contribution is -2.40. The number of ether oxygens (including phenoxy) is 1. The Morgan fingerprint density at radius 1 is 0.953 bits per heavy atom. The summed E-state index contributed by atoms with van der Waals surface area (Å²) in [5.74, 6) is 0.378. The molecule has 17 heteroatoms. The lowest BCUT2D eigenvalue weighted by molar-refractivity contribution is -0.137. The minimum absolute atomic E-state index is 0.0362. The minimum atomic E-state index is -4.57. The third kappa shape index (κ3) is 7.32. The minimum Gasteiger partial charge on any atom is -0.487 e. The number of piperidine rings is 2. The number of amides is 2. The molecule has 0 aliphatic carbocycles. The topological polar surface area (TPSA) is 144 Å². The van der Waals surface area contributed by atoms with Crippen LogP contribution in [0.2, 0.25) is 15.1 Å². The van der Waals surface area contributed by atoms with Gasteiger partial charge < -0.3 is 29.4 Å².